The molecule has 0 saturated heterocycles. The Kier molecular flexibility index (Phi) is 4.18. The molecule has 0 bridgehead atoms. The zero-order valence-corrected chi connectivity index (χ0v) is 11.9. The molecule has 0 atom stereocenters. The van der Waals surface area contributed by atoms with Crippen LogP contribution in [0.5, 0.6) is 0 Å². The molecule has 0 aromatic rings. The van der Waals surface area contributed by atoms with Crippen LogP contribution in [-0.4, -0.2) is 24.3 Å². The molecule has 1 aliphatic rings. The van der Waals surface area contributed by atoms with E-state index in [1.54, 1.807) is 0 Å². The fraction of sp³-hybridized carbons (Fsp3) is 0.667. The first kappa shape index (κ1) is 14.0. The highest BCUT2D eigenvalue weighted by molar-refractivity contribution is 6.19. The highest BCUT2D eigenvalue weighted by Gasteiger charge is 2.32. The number of hydrogen-bond donors (Lipinski definition) is 0. The van der Waals surface area contributed by atoms with Gasteiger partial charge in [-0.3, -0.25) is 4.79 Å². The molecule has 17 heavy (non-hydrogen) atoms. The number of carbonyl (C=O) groups is 1. The molecule has 0 N–H and O–H groups in total. The van der Waals surface area contributed by atoms with E-state index in [1.807, 2.05) is 6.92 Å². The van der Waals surface area contributed by atoms with E-state index in [0.717, 1.165) is 30.7 Å². The van der Waals surface area contributed by atoms with Crippen molar-refractivity contribution < 1.29 is 4.79 Å². The van der Waals surface area contributed by atoms with Crippen molar-refractivity contribution in [3.05, 3.63) is 23.4 Å². The maximum Gasteiger partial charge on any atom is 0.192 e. The van der Waals surface area contributed by atoms with E-state index in [2.05, 4.69) is 39.3 Å². The molecule has 0 aromatic heterocycles. The molecule has 0 aliphatic heterocycles. The van der Waals surface area contributed by atoms with Gasteiger partial charge in [0.25, 0.3) is 0 Å². The molecule has 1 aliphatic carbocycles. The number of carbonyl (C=O) groups excluding carboxylic acids is 1. The van der Waals surface area contributed by atoms with Crippen LogP contribution in [0.4, 0.5) is 0 Å². The van der Waals surface area contributed by atoms with Crippen LogP contribution < -0.4 is 0 Å². The third-order valence-electron chi connectivity index (χ3n) is 3.28. The molecular weight excluding hydrogens is 210 g/mol. The van der Waals surface area contributed by atoms with Crippen molar-refractivity contribution in [1.82, 2.24) is 4.90 Å². The molecule has 0 aromatic carbocycles. The third-order valence-corrected chi connectivity index (χ3v) is 3.28. The number of Topliss-reactive ketones (excluding diaryl/α,β-unsaturated/α-hetero) is 1. The summed E-state index contributed by atoms with van der Waals surface area (Å²) in [6.45, 7) is 13.7. The molecule has 0 amide bonds. The van der Waals surface area contributed by atoms with Gasteiger partial charge in [-0.05, 0) is 24.7 Å². The Balaban J connectivity index is 2.54. The summed E-state index contributed by atoms with van der Waals surface area (Å²) in [6.07, 6.45) is 3.17. The number of ketones is 1. The van der Waals surface area contributed by atoms with Crippen LogP contribution in [0, 0.1) is 5.41 Å². The third kappa shape index (κ3) is 3.21. The first-order chi connectivity index (χ1) is 7.78. The fourth-order valence-electron chi connectivity index (χ4n) is 2.26. The topological polar surface area (TPSA) is 20.3 Å². The van der Waals surface area contributed by atoms with Crippen molar-refractivity contribution in [2.75, 3.05) is 13.6 Å². The van der Waals surface area contributed by atoms with E-state index < -0.39 is 0 Å². The minimum atomic E-state index is 0.158. The summed E-state index contributed by atoms with van der Waals surface area (Å²) in [5.41, 5.74) is 3.12. The van der Waals surface area contributed by atoms with Crippen molar-refractivity contribution in [2.45, 2.75) is 47.0 Å². The summed E-state index contributed by atoms with van der Waals surface area (Å²) in [4.78, 5) is 13.7. The molecule has 1 rings (SSSR count). The lowest BCUT2D eigenvalue weighted by molar-refractivity contribution is -0.113. The second-order valence-corrected chi connectivity index (χ2v) is 6.07. The summed E-state index contributed by atoms with van der Waals surface area (Å²) in [6, 6.07) is 0. The Labute approximate surface area is 105 Å². The number of allylic oxidation sites excluding steroid dienone is 2. The van der Waals surface area contributed by atoms with Crippen LogP contribution in [0.3, 0.4) is 0 Å². The van der Waals surface area contributed by atoms with Gasteiger partial charge in [0.2, 0.25) is 0 Å². The quantitative estimate of drug-likeness (QED) is 0.679. The molecule has 2 heteroatoms. The normalized spacial score (nSPS) is 16.3. The van der Waals surface area contributed by atoms with Crippen molar-refractivity contribution >= 4 is 5.78 Å². The predicted octanol–water partition coefficient (Wildman–Crippen LogP) is 3.55. The lowest BCUT2D eigenvalue weighted by Crippen LogP contribution is -2.33. The van der Waals surface area contributed by atoms with Crippen molar-refractivity contribution in [1.29, 1.82) is 0 Å². The van der Waals surface area contributed by atoms with Crippen LogP contribution in [0.2, 0.25) is 0 Å². The second kappa shape index (κ2) is 5.07. The standard InChI is InChI=1S/C15H25NO/c1-7-12-13(11(2)14(12)17)16(6)10-8-9-15(3,4)5/h2,7-10H2,1,3-6H3. The summed E-state index contributed by atoms with van der Waals surface area (Å²) < 4.78 is 0. The largest absolute Gasteiger partial charge is 0.374 e. The predicted molar refractivity (Wildman–Crippen MR) is 72.8 cm³/mol. The first-order valence-corrected chi connectivity index (χ1v) is 6.46. The van der Waals surface area contributed by atoms with E-state index in [-0.39, 0.29) is 5.78 Å². The number of likely N-dealkylation sites (N-methyl/N-ethyl adjacent to an activating group) is 1. The van der Waals surface area contributed by atoms with Gasteiger partial charge in [0.05, 0.1) is 5.70 Å². The lowest BCUT2D eigenvalue weighted by Gasteiger charge is -2.33. The van der Waals surface area contributed by atoms with Gasteiger partial charge in [-0.25, -0.2) is 0 Å². The van der Waals surface area contributed by atoms with Crippen molar-refractivity contribution in [2.24, 2.45) is 5.41 Å². The zero-order valence-electron chi connectivity index (χ0n) is 11.9. The summed E-state index contributed by atoms with van der Waals surface area (Å²) in [7, 11) is 2.06. The molecule has 0 fully saturated rings. The molecule has 0 radical (unpaired) electrons. The summed E-state index contributed by atoms with van der Waals surface area (Å²) in [5, 5.41) is 0. The molecule has 96 valence electrons. The lowest BCUT2D eigenvalue weighted by atomic mass is 9.84. The molecule has 2 nitrogen and oxygen atoms in total. The van der Waals surface area contributed by atoms with Gasteiger partial charge in [0, 0.05) is 24.7 Å². The Bertz CT molecular complexity index is 358. The van der Waals surface area contributed by atoms with Crippen LogP contribution in [-0.2, 0) is 4.79 Å². The van der Waals surface area contributed by atoms with E-state index >= 15 is 0 Å². The molecule has 0 heterocycles. The Morgan fingerprint density at radius 2 is 1.88 bits per heavy atom. The fourth-order valence-corrected chi connectivity index (χ4v) is 2.26. The van der Waals surface area contributed by atoms with Gasteiger partial charge < -0.3 is 4.90 Å². The van der Waals surface area contributed by atoms with Crippen LogP contribution in [0.15, 0.2) is 23.4 Å². The minimum absolute atomic E-state index is 0.158. The van der Waals surface area contributed by atoms with Gasteiger partial charge in [0.15, 0.2) is 5.78 Å². The van der Waals surface area contributed by atoms with E-state index in [4.69, 9.17) is 0 Å². The van der Waals surface area contributed by atoms with Crippen molar-refractivity contribution in [3.63, 3.8) is 0 Å². The molecular formula is C15H25NO. The first-order valence-electron chi connectivity index (χ1n) is 6.46. The average Bonchev–Trinajstić information content (AvgIpc) is 2.22. The Morgan fingerprint density at radius 3 is 2.35 bits per heavy atom. The summed E-state index contributed by atoms with van der Waals surface area (Å²) in [5.74, 6) is 0.158. The highest BCUT2D eigenvalue weighted by Crippen LogP contribution is 2.33. The van der Waals surface area contributed by atoms with E-state index in [9.17, 15) is 4.79 Å². The SMILES string of the molecule is C=C1C(=O)C(CC)=C1N(C)CCCC(C)(C)C. The smallest absolute Gasteiger partial charge is 0.192 e. The van der Waals surface area contributed by atoms with Crippen molar-refractivity contribution in [3.8, 4) is 0 Å². The van der Waals surface area contributed by atoms with Crippen LogP contribution in [0.1, 0.15) is 47.0 Å². The molecule has 0 spiro atoms. The molecule has 0 saturated carbocycles. The second-order valence-electron chi connectivity index (χ2n) is 6.07. The summed E-state index contributed by atoms with van der Waals surface area (Å²) >= 11 is 0. The van der Waals surface area contributed by atoms with Crippen LogP contribution >= 0.6 is 0 Å². The average molecular weight is 235 g/mol. The number of nitrogens with zero attached hydrogens (tertiary/aromatic N) is 1. The maximum atomic E-state index is 11.6. The van der Waals surface area contributed by atoms with Gasteiger partial charge >= 0.3 is 0 Å². The Hall–Kier alpha value is -1.05. The van der Waals surface area contributed by atoms with E-state index in [1.165, 1.54) is 6.42 Å². The van der Waals surface area contributed by atoms with E-state index in [0.29, 0.717) is 11.0 Å². The minimum Gasteiger partial charge on any atom is -0.374 e. The van der Waals surface area contributed by atoms with Crippen LogP contribution in [0.25, 0.3) is 0 Å². The highest BCUT2D eigenvalue weighted by atomic mass is 16.1. The van der Waals surface area contributed by atoms with Gasteiger partial charge in [-0.1, -0.05) is 34.3 Å². The van der Waals surface area contributed by atoms with Gasteiger partial charge in [-0.2, -0.15) is 0 Å². The number of rotatable bonds is 5. The van der Waals surface area contributed by atoms with Gasteiger partial charge in [-0.15, -0.1) is 0 Å². The molecule has 0 unspecified atom stereocenters. The Morgan fingerprint density at radius 1 is 1.29 bits per heavy atom. The monoisotopic (exact) mass is 235 g/mol. The number of hydrogen-bond acceptors (Lipinski definition) is 2. The van der Waals surface area contributed by atoms with Gasteiger partial charge in [0.1, 0.15) is 0 Å². The zero-order chi connectivity index (χ0) is 13.2. The maximum absolute atomic E-state index is 11.6.